The van der Waals surface area contributed by atoms with E-state index in [1.807, 2.05) is 6.07 Å². The number of rotatable bonds is 2. The minimum atomic E-state index is -0.415. The van der Waals surface area contributed by atoms with Crippen molar-refractivity contribution >= 4 is 5.78 Å². The second-order valence-electron chi connectivity index (χ2n) is 4.00. The fourth-order valence-corrected chi connectivity index (χ4v) is 1.32. The maximum Gasteiger partial charge on any atom is 0.153 e. The van der Waals surface area contributed by atoms with Crippen molar-refractivity contribution in [2.24, 2.45) is 17.3 Å². The zero-order valence-corrected chi connectivity index (χ0v) is 7.22. The van der Waals surface area contributed by atoms with Crippen molar-refractivity contribution in [2.45, 2.75) is 27.2 Å². The highest BCUT2D eigenvalue weighted by atomic mass is 16.1. The number of ketones is 1. The lowest BCUT2D eigenvalue weighted by molar-refractivity contribution is -0.122. The number of Topliss-reactive ketones (excluding diaryl/α,β-unsaturated/α-hetero) is 1. The van der Waals surface area contributed by atoms with E-state index < -0.39 is 5.92 Å². The van der Waals surface area contributed by atoms with Crippen molar-refractivity contribution < 1.29 is 4.79 Å². The van der Waals surface area contributed by atoms with Crippen LogP contribution in [0.1, 0.15) is 27.2 Å². The first-order valence-electron chi connectivity index (χ1n) is 3.92. The number of hydrogen-bond donors (Lipinski definition) is 0. The van der Waals surface area contributed by atoms with Crippen LogP contribution in [0.25, 0.3) is 0 Å². The minimum absolute atomic E-state index is 0.123. The van der Waals surface area contributed by atoms with Crippen molar-refractivity contribution in [3.8, 4) is 6.07 Å². The van der Waals surface area contributed by atoms with Gasteiger partial charge in [0.1, 0.15) is 5.92 Å². The maximum atomic E-state index is 11.3. The molecular weight excluding hydrogens is 138 g/mol. The molecule has 0 N–H and O–H groups in total. The molecule has 0 aromatic rings. The van der Waals surface area contributed by atoms with Crippen LogP contribution in [0, 0.1) is 28.6 Å². The zero-order chi connectivity index (χ0) is 8.65. The first-order valence-corrected chi connectivity index (χ1v) is 3.92. The molecule has 0 heterocycles. The molecule has 1 aliphatic rings. The van der Waals surface area contributed by atoms with Crippen LogP contribution in [0.15, 0.2) is 0 Å². The third kappa shape index (κ3) is 1.42. The Morgan fingerprint density at radius 1 is 1.73 bits per heavy atom. The summed E-state index contributed by atoms with van der Waals surface area (Å²) in [5, 5.41) is 8.48. The molecule has 2 heteroatoms. The molecular formula is C9H13NO. The van der Waals surface area contributed by atoms with Crippen molar-refractivity contribution in [3.05, 3.63) is 0 Å². The van der Waals surface area contributed by atoms with Gasteiger partial charge in [0.05, 0.1) is 6.07 Å². The molecule has 0 saturated heterocycles. The topological polar surface area (TPSA) is 40.9 Å². The SMILES string of the molecule is CC(C#N)C(=O)C1CC1(C)C. The molecule has 11 heavy (non-hydrogen) atoms. The Balaban J connectivity index is 2.54. The lowest BCUT2D eigenvalue weighted by Crippen LogP contribution is -2.13. The summed E-state index contributed by atoms with van der Waals surface area (Å²) in [6.45, 7) is 5.82. The van der Waals surface area contributed by atoms with Gasteiger partial charge in [-0.2, -0.15) is 5.26 Å². The number of nitriles is 1. The number of nitrogens with zero attached hydrogens (tertiary/aromatic N) is 1. The third-order valence-corrected chi connectivity index (χ3v) is 2.48. The summed E-state index contributed by atoms with van der Waals surface area (Å²) < 4.78 is 0. The van der Waals surface area contributed by atoms with Gasteiger partial charge in [0.15, 0.2) is 5.78 Å². The molecule has 0 amide bonds. The monoisotopic (exact) mass is 151 g/mol. The van der Waals surface area contributed by atoms with Crippen LogP contribution in [0.3, 0.4) is 0 Å². The summed E-state index contributed by atoms with van der Waals surface area (Å²) in [6.07, 6.45) is 0.956. The highest BCUT2D eigenvalue weighted by Crippen LogP contribution is 2.52. The van der Waals surface area contributed by atoms with Crippen LogP contribution in [0.5, 0.6) is 0 Å². The summed E-state index contributed by atoms with van der Waals surface area (Å²) in [5.74, 6) is -0.142. The van der Waals surface area contributed by atoms with Crippen molar-refractivity contribution in [1.82, 2.24) is 0 Å². The maximum absolute atomic E-state index is 11.3. The Hall–Kier alpha value is -0.840. The molecule has 0 radical (unpaired) electrons. The van der Waals surface area contributed by atoms with Gasteiger partial charge in [-0.05, 0) is 18.8 Å². The molecule has 0 aliphatic heterocycles. The van der Waals surface area contributed by atoms with Crippen LogP contribution in [-0.4, -0.2) is 5.78 Å². The van der Waals surface area contributed by atoms with E-state index in [0.717, 1.165) is 6.42 Å². The largest absolute Gasteiger partial charge is 0.298 e. The Morgan fingerprint density at radius 2 is 2.18 bits per heavy atom. The molecule has 2 unspecified atom stereocenters. The van der Waals surface area contributed by atoms with Gasteiger partial charge >= 0.3 is 0 Å². The molecule has 2 nitrogen and oxygen atoms in total. The molecule has 0 bridgehead atoms. The van der Waals surface area contributed by atoms with Crippen LogP contribution in [0.4, 0.5) is 0 Å². The van der Waals surface area contributed by atoms with E-state index in [9.17, 15) is 4.79 Å². The summed E-state index contributed by atoms with van der Waals surface area (Å²) in [7, 11) is 0. The van der Waals surface area contributed by atoms with Gasteiger partial charge in [0, 0.05) is 5.92 Å². The summed E-state index contributed by atoms with van der Waals surface area (Å²) in [5.41, 5.74) is 0.169. The molecule has 1 aliphatic carbocycles. The van der Waals surface area contributed by atoms with E-state index in [-0.39, 0.29) is 17.1 Å². The van der Waals surface area contributed by atoms with E-state index in [4.69, 9.17) is 5.26 Å². The Kier molecular flexibility index (Phi) is 1.75. The molecule has 60 valence electrons. The van der Waals surface area contributed by atoms with E-state index >= 15 is 0 Å². The summed E-state index contributed by atoms with van der Waals surface area (Å²) in [6, 6.07) is 1.97. The second kappa shape index (κ2) is 2.34. The normalized spacial score (nSPS) is 28.7. The first kappa shape index (κ1) is 8.26. The van der Waals surface area contributed by atoms with Gasteiger partial charge in [-0.1, -0.05) is 13.8 Å². The summed E-state index contributed by atoms with van der Waals surface area (Å²) >= 11 is 0. The molecule has 0 spiro atoms. The third-order valence-electron chi connectivity index (χ3n) is 2.48. The second-order valence-corrected chi connectivity index (χ2v) is 4.00. The van der Waals surface area contributed by atoms with Gasteiger partial charge in [-0.3, -0.25) is 4.79 Å². The lowest BCUT2D eigenvalue weighted by atomic mass is 9.99. The fourth-order valence-electron chi connectivity index (χ4n) is 1.32. The first-order chi connectivity index (χ1) is 4.99. The summed E-state index contributed by atoms with van der Waals surface area (Å²) in [4.78, 5) is 11.3. The van der Waals surface area contributed by atoms with E-state index in [2.05, 4.69) is 13.8 Å². The predicted molar refractivity (Wildman–Crippen MR) is 41.7 cm³/mol. The van der Waals surface area contributed by atoms with Gasteiger partial charge in [-0.25, -0.2) is 0 Å². The van der Waals surface area contributed by atoms with Crippen LogP contribution < -0.4 is 0 Å². The van der Waals surface area contributed by atoms with Gasteiger partial charge < -0.3 is 0 Å². The Morgan fingerprint density at radius 3 is 2.45 bits per heavy atom. The zero-order valence-electron chi connectivity index (χ0n) is 7.22. The standard InChI is InChI=1S/C9H13NO/c1-6(5-10)8(11)7-4-9(7,2)3/h6-7H,4H2,1-3H3. The number of carbonyl (C=O) groups excluding carboxylic acids is 1. The van der Waals surface area contributed by atoms with E-state index in [1.54, 1.807) is 6.92 Å². The molecule has 1 fully saturated rings. The van der Waals surface area contributed by atoms with Crippen LogP contribution in [-0.2, 0) is 4.79 Å². The average molecular weight is 151 g/mol. The van der Waals surface area contributed by atoms with E-state index in [1.165, 1.54) is 0 Å². The molecule has 0 aromatic carbocycles. The lowest BCUT2D eigenvalue weighted by Gasteiger charge is -2.02. The highest BCUT2D eigenvalue weighted by Gasteiger charge is 2.51. The quantitative estimate of drug-likeness (QED) is 0.603. The number of carbonyl (C=O) groups is 1. The van der Waals surface area contributed by atoms with Gasteiger partial charge in [0.2, 0.25) is 0 Å². The molecule has 2 atom stereocenters. The van der Waals surface area contributed by atoms with Crippen molar-refractivity contribution in [1.29, 1.82) is 5.26 Å². The minimum Gasteiger partial charge on any atom is -0.298 e. The molecule has 0 aromatic heterocycles. The van der Waals surface area contributed by atoms with Gasteiger partial charge in [0.25, 0.3) is 0 Å². The van der Waals surface area contributed by atoms with Crippen molar-refractivity contribution in [2.75, 3.05) is 0 Å². The molecule has 1 rings (SSSR count). The predicted octanol–water partition coefficient (Wildman–Crippen LogP) is 1.76. The fraction of sp³-hybridized carbons (Fsp3) is 0.778. The highest BCUT2D eigenvalue weighted by molar-refractivity contribution is 5.88. The Labute approximate surface area is 67.2 Å². The average Bonchev–Trinajstić information content (AvgIpc) is 2.56. The van der Waals surface area contributed by atoms with Gasteiger partial charge in [-0.15, -0.1) is 0 Å². The Bertz CT molecular complexity index is 224. The van der Waals surface area contributed by atoms with E-state index in [0.29, 0.717) is 0 Å². The van der Waals surface area contributed by atoms with Crippen LogP contribution >= 0.6 is 0 Å². The smallest absolute Gasteiger partial charge is 0.153 e. The molecule has 1 saturated carbocycles. The van der Waals surface area contributed by atoms with Crippen molar-refractivity contribution in [3.63, 3.8) is 0 Å². The van der Waals surface area contributed by atoms with Crippen LogP contribution in [0.2, 0.25) is 0 Å². The number of hydrogen-bond acceptors (Lipinski definition) is 2.